The van der Waals surface area contributed by atoms with Gasteiger partial charge in [-0.05, 0) is 36.8 Å². The lowest BCUT2D eigenvalue weighted by Crippen LogP contribution is -2.42. The van der Waals surface area contributed by atoms with E-state index in [9.17, 15) is 9.18 Å². The van der Waals surface area contributed by atoms with Gasteiger partial charge in [-0.15, -0.1) is 0 Å². The van der Waals surface area contributed by atoms with E-state index in [4.69, 9.17) is 0 Å². The molecule has 3 aromatic carbocycles. The van der Waals surface area contributed by atoms with E-state index in [-0.39, 0.29) is 17.1 Å². The van der Waals surface area contributed by atoms with Gasteiger partial charge < -0.3 is 4.90 Å². The molecule has 2 amide bonds. The molecule has 5 heteroatoms. The Kier molecular flexibility index (Phi) is 6.15. The maximum Gasteiger partial charge on any atom is 0.329 e. The molecule has 3 nitrogen and oxygen atoms in total. The zero-order valence-electron chi connectivity index (χ0n) is 16.1. The molecule has 4 rings (SSSR count). The highest BCUT2D eigenvalue weighted by molar-refractivity contribution is 7.99. The number of hydrogen-bond acceptors (Lipinski definition) is 2. The van der Waals surface area contributed by atoms with Crippen molar-refractivity contribution >= 4 is 29.2 Å². The second-order valence-electron chi connectivity index (χ2n) is 6.95. The number of hydrogen-bond donors (Lipinski definition) is 0. The van der Waals surface area contributed by atoms with Crippen LogP contribution in [0.5, 0.6) is 0 Å². The highest BCUT2D eigenvalue weighted by Gasteiger charge is 2.28. The molecular weight excluding hydrogens is 383 g/mol. The first kappa shape index (κ1) is 19.5. The number of amides is 2. The predicted octanol–water partition coefficient (Wildman–Crippen LogP) is 6.26. The van der Waals surface area contributed by atoms with Gasteiger partial charge in [0.15, 0.2) is 0 Å². The first-order valence-electron chi connectivity index (χ1n) is 9.79. The fourth-order valence-electron chi connectivity index (χ4n) is 3.61. The average molecular weight is 407 g/mol. The Morgan fingerprint density at radius 3 is 2.07 bits per heavy atom. The molecule has 29 heavy (non-hydrogen) atoms. The summed E-state index contributed by atoms with van der Waals surface area (Å²) in [5.74, 6) is 0.613. The zero-order valence-corrected chi connectivity index (χ0v) is 16.9. The minimum atomic E-state index is -0.167. The van der Waals surface area contributed by atoms with Crippen molar-refractivity contribution in [3.8, 4) is 0 Å². The van der Waals surface area contributed by atoms with E-state index >= 15 is 0 Å². The van der Waals surface area contributed by atoms with Crippen molar-refractivity contribution in [3.05, 3.63) is 96.3 Å². The van der Waals surface area contributed by atoms with Crippen LogP contribution in [-0.2, 0) is 0 Å². The van der Waals surface area contributed by atoms with Gasteiger partial charge in [-0.2, -0.15) is 11.8 Å². The molecule has 1 aliphatic heterocycles. The molecule has 148 valence electrons. The van der Waals surface area contributed by atoms with E-state index in [0.717, 1.165) is 29.1 Å². The number of carbonyl (C=O) groups excluding carboxylic acids is 1. The van der Waals surface area contributed by atoms with Crippen molar-refractivity contribution in [1.29, 1.82) is 0 Å². The van der Waals surface area contributed by atoms with E-state index in [1.807, 2.05) is 77.7 Å². The molecule has 0 aromatic heterocycles. The lowest BCUT2D eigenvalue weighted by Gasteiger charge is -2.30. The summed E-state index contributed by atoms with van der Waals surface area (Å²) in [4.78, 5) is 17.2. The van der Waals surface area contributed by atoms with Crippen LogP contribution in [0.25, 0.3) is 0 Å². The van der Waals surface area contributed by atoms with Crippen molar-refractivity contribution in [2.45, 2.75) is 11.7 Å². The first-order chi connectivity index (χ1) is 14.2. The molecule has 1 aliphatic rings. The number of rotatable bonds is 3. The van der Waals surface area contributed by atoms with E-state index < -0.39 is 0 Å². The van der Waals surface area contributed by atoms with Crippen LogP contribution in [0.1, 0.15) is 17.2 Å². The zero-order chi connectivity index (χ0) is 20.1. The van der Waals surface area contributed by atoms with Gasteiger partial charge in [-0.1, -0.05) is 54.6 Å². The third-order valence-corrected chi connectivity index (χ3v) is 6.39. The van der Waals surface area contributed by atoms with Crippen LogP contribution in [0.4, 0.5) is 20.6 Å². The summed E-state index contributed by atoms with van der Waals surface area (Å²) in [5, 5.41) is 0.0656. The van der Waals surface area contributed by atoms with Crippen LogP contribution < -0.4 is 4.90 Å². The van der Waals surface area contributed by atoms with Crippen LogP contribution >= 0.6 is 11.8 Å². The van der Waals surface area contributed by atoms with Crippen LogP contribution in [-0.4, -0.2) is 29.8 Å². The molecule has 1 atom stereocenters. The summed E-state index contributed by atoms with van der Waals surface area (Å²) in [5.41, 5.74) is 2.41. The quantitative estimate of drug-likeness (QED) is 0.512. The third-order valence-electron chi connectivity index (χ3n) is 5.08. The number of benzene rings is 3. The van der Waals surface area contributed by atoms with Gasteiger partial charge in [0.1, 0.15) is 5.82 Å². The summed E-state index contributed by atoms with van der Waals surface area (Å²) < 4.78 is 14.2. The molecule has 0 radical (unpaired) electrons. The summed E-state index contributed by atoms with van der Waals surface area (Å²) in [6.07, 6.45) is 0.731. The number of para-hydroxylation sites is 2. The van der Waals surface area contributed by atoms with E-state index in [0.29, 0.717) is 13.1 Å². The molecule has 0 bridgehead atoms. The molecular formula is C24H23FN2OS. The molecule has 1 fully saturated rings. The largest absolute Gasteiger partial charge is 0.329 e. The third kappa shape index (κ3) is 4.46. The Balaban J connectivity index is 1.56. The van der Waals surface area contributed by atoms with Crippen molar-refractivity contribution in [3.63, 3.8) is 0 Å². The van der Waals surface area contributed by atoms with Gasteiger partial charge in [0.25, 0.3) is 0 Å². The maximum atomic E-state index is 14.2. The molecule has 0 aliphatic carbocycles. The molecule has 1 unspecified atom stereocenters. The molecule has 1 saturated heterocycles. The number of thioether (sulfide) groups is 1. The molecule has 0 N–H and O–H groups in total. The summed E-state index contributed by atoms with van der Waals surface area (Å²) in [6.45, 7) is 1.24. The molecule has 1 heterocycles. The number of urea groups is 1. The van der Waals surface area contributed by atoms with Crippen molar-refractivity contribution in [2.24, 2.45) is 0 Å². The Hall–Kier alpha value is -2.79. The number of carbonyl (C=O) groups is 1. The Labute approximate surface area is 175 Å². The van der Waals surface area contributed by atoms with Crippen molar-refractivity contribution in [2.75, 3.05) is 23.7 Å². The van der Waals surface area contributed by atoms with Gasteiger partial charge >= 0.3 is 6.03 Å². The molecule has 0 saturated carbocycles. The van der Waals surface area contributed by atoms with Gasteiger partial charge in [0, 0.05) is 29.7 Å². The van der Waals surface area contributed by atoms with Crippen molar-refractivity contribution in [1.82, 2.24) is 4.90 Å². The fraction of sp³-hybridized carbons (Fsp3) is 0.208. The van der Waals surface area contributed by atoms with Crippen LogP contribution in [0.15, 0.2) is 84.9 Å². The normalized spacial score (nSPS) is 16.9. The number of anilines is 2. The van der Waals surface area contributed by atoms with Gasteiger partial charge in [-0.3, -0.25) is 4.90 Å². The highest BCUT2D eigenvalue weighted by atomic mass is 32.2. The molecule has 3 aromatic rings. The van der Waals surface area contributed by atoms with Crippen LogP contribution in [0, 0.1) is 5.82 Å². The monoisotopic (exact) mass is 406 g/mol. The average Bonchev–Trinajstić information content (AvgIpc) is 3.02. The van der Waals surface area contributed by atoms with E-state index in [1.54, 1.807) is 22.7 Å². The number of nitrogens with zero attached hydrogens (tertiary/aromatic N) is 2. The predicted molar refractivity (Wildman–Crippen MR) is 118 cm³/mol. The summed E-state index contributed by atoms with van der Waals surface area (Å²) in [7, 11) is 0. The Morgan fingerprint density at radius 2 is 1.45 bits per heavy atom. The SMILES string of the molecule is O=C(N1CCSC(c2ccccc2F)CC1)N(c1ccccc1)c1ccccc1. The standard InChI is InChI=1S/C24H23FN2OS/c25-22-14-8-7-13-21(22)23-15-16-26(17-18-29-23)24(28)27(19-9-3-1-4-10-19)20-11-5-2-6-12-20/h1-14,23H,15-18H2. The number of halogens is 1. The van der Waals surface area contributed by atoms with Crippen molar-refractivity contribution < 1.29 is 9.18 Å². The Bertz CT molecular complexity index is 912. The summed E-state index contributed by atoms with van der Waals surface area (Å²) in [6, 6.07) is 26.3. The van der Waals surface area contributed by atoms with E-state index in [2.05, 4.69) is 0 Å². The maximum absolute atomic E-state index is 14.2. The van der Waals surface area contributed by atoms with Crippen LogP contribution in [0.3, 0.4) is 0 Å². The fourth-order valence-corrected chi connectivity index (χ4v) is 4.86. The van der Waals surface area contributed by atoms with Gasteiger partial charge in [0.2, 0.25) is 0 Å². The van der Waals surface area contributed by atoms with Crippen LogP contribution in [0.2, 0.25) is 0 Å². The smallest absolute Gasteiger partial charge is 0.323 e. The topological polar surface area (TPSA) is 23.6 Å². The second kappa shape index (κ2) is 9.14. The first-order valence-corrected chi connectivity index (χ1v) is 10.8. The minimum absolute atomic E-state index is 0.0443. The highest BCUT2D eigenvalue weighted by Crippen LogP contribution is 2.36. The van der Waals surface area contributed by atoms with Gasteiger partial charge in [-0.25, -0.2) is 9.18 Å². The summed E-state index contributed by atoms with van der Waals surface area (Å²) >= 11 is 1.72. The lowest BCUT2D eigenvalue weighted by atomic mass is 10.1. The van der Waals surface area contributed by atoms with Gasteiger partial charge in [0.05, 0.1) is 11.4 Å². The van der Waals surface area contributed by atoms with E-state index in [1.165, 1.54) is 6.07 Å². The Morgan fingerprint density at radius 1 is 0.862 bits per heavy atom. The lowest BCUT2D eigenvalue weighted by molar-refractivity contribution is 0.210. The second-order valence-corrected chi connectivity index (χ2v) is 8.26. The molecule has 0 spiro atoms. The minimum Gasteiger partial charge on any atom is -0.323 e.